The molecular formula is C17H19N5O2S2. The summed E-state index contributed by atoms with van der Waals surface area (Å²) in [6, 6.07) is 7.87. The second-order valence-corrected chi connectivity index (χ2v) is 7.49. The average Bonchev–Trinajstić information content (AvgIpc) is 3.23. The number of rotatable bonds is 7. The van der Waals surface area contributed by atoms with Crippen LogP contribution in [0.25, 0.3) is 0 Å². The second kappa shape index (κ2) is 8.33. The number of benzene rings is 1. The number of carbonyl (C=O) groups is 1. The van der Waals surface area contributed by atoms with Gasteiger partial charge in [0.15, 0.2) is 22.2 Å². The molecule has 0 bridgehead atoms. The van der Waals surface area contributed by atoms with E-state index < -0.39 is 0 Å². The summed E-state index contributed by atoms with van der Waals surface area (Å²) >= 11 is 2.71. The normalized spacial score (nSPS) is 12.0. The third kappa shape index (κ3) is 4.61. The molecule has 1 unspecified atom stereocenters. The van der Waals surface area contributed by atoms with E-state index in [0.717, 1.165) is 11.3 Å². The highest BCUT2D eigenvalue weighted by molar-refractivity contribution is 7.99. The largest absolute Gasteiger partial charge is 0.483 e. The third-order valence-corrected chi connectivity index (χ3v) is 5.25. The highest BCUT2D eigenvalue weighted by Crippen LogP contribution is 2.24. The number of aromatic nitrogens is 4. The molecule has 0 aliphatic heterocycles. The Balaban J connectivity index is 1.59. The van der Waals surface area contributed by atoms with Crippen LogP contribution in [0.5, 0.6) is 5.75 Å². The van der Waals surface area contributed by atoms with Crippen molar-refractivity contribution >= 4 is 34.1 Å². The molecule has 1 aromatic carbocycles. The Kier molecular flexibility index (Phi) is 5.89. The fraction of sp³-hybridized carbons (Fsp3) is 0.294. The summed E-state index contributed by atoms with van der Waals surface area (Å²) in [5.41, 5.74) is 1.13. The van der Waals surface area contributed by atoms with E-state index in [1.807, 2.05) is 55.1 Å². The van der Waals surface area contributed by atoms with Gasteiger partial charge in [0.2, 0.25) is 5.91 Å². The van der Waals surface area contributed by atoms with Gasteiger partial charge in [-0.1, -0.05) is 23.9 Å². The number of amides is 1. The Morgan fingerprint density at radius 2 is 2.27 bits per heavy atom. The molecule has 3 aromatic rings. The lowest BCUT2D eigenvalue weighted by Gasteiger charge is -2.14. The number of nitrogens with one attached hydrogen (secondary N) is 1. The van der Waals surface area contributed by atoms with E-state index in [2.05, 4.69) is 20.5 Å². The highest BCUT2D eigenvalue weighted by atomic mass is 32.2. The predicted molar refractivity (Wildman–Crippen MR) is 103 cm³/mol. The highest BCUT2D eigenvalue weighted by Gasteiger charge is 2.18. The molecule has 1 amide bonds. The average molecular weight is 390 g/mol. The van der Waals surface area contributed by atoms with E-state index in [1.165, 1.54) is 23.1 Å². The van der Waals surface area contributed by atoms with Crippen molar-refractivity contribution in [1.82, 2.24) is 19.7 Å². The van der Waals surface area contributed by atoms with E-state index in [1.54, 1.807) is 6.20 Å². The van der Waals surface area contributed by atoms with Crippen LogP contribution in [0.1, 0.15) is 24.4 Å². The van der Waals surface area contributed by atoms with Gasteiger partial charge in [-0.05, 0) is 31.5 Å². The molecule has 9 heteroatoms. The lowest BCUT2D eigenvalue weighted by molar-refractivity contribution is -0.113. The SMILES string of the molecule is Cc1cccc(OC(C)c2nnc(SCC(=O)Nc3nccs3)n2C)c1. The van der Waals surface area contributed by atoms with Crippen molar-refractivity contribution in [1.29, 1.82) is 0 Å². The molecule has 1 atom stereocenters. The lowest BCUT2D eigenvalue weighted by atomic mass is 10.2. The lowest BCUT2D eigenvalue weighted by Crippen LogP contribution is -2.14. The fourth-order valence-electron chi connectivity index (χ4n) is 2.32. The first-order valence-electron chi connectivity index (χ1n) is 7.97. The number of hydrogen-bond donors (Lipinski definition) is 1. The molecule has 0 fully saturated rings. The third-order valence-electron chi connectivity index (χ3n) is 3.55. The van der Waals surface area contributed by atoms with Crippen LogP contribution in [0.15, 0.2) is 41.0 Å². The molecule has 0 saturated carbocycles. The Bertz CT molecular complexity index is 879. The molecule has 0 radical (unpaired) electrons. The van der Waals surface area contributed by atoms with Crippen molar-refractivity contribution in [2.75, 3.05) is 11.1 Å². The van der Waals surface area contributed by atoms with Gasteiger partial charge in [0.05, 0.1) is 5.75 Å². The fourth-order valence-corrected chi connectivity index (χ4v) is 3.59. The quantitative estimate of drug-likeness (QED) is 0.623. The Hall–Kier alpha value is -2.39. The summed E-state index contributed by atoms with van der Waals surface area (Å²) in [5.74, 6) is 1.60. The molecule has 1 N–H and O–H groups in total. The van der Waals surface area contributed by atoms with Crippen LogP contribution >= 0.6 is 23.1 Å². The number of hydrogen-bond acceptors (Lipinski definition) is 7. The van der Waals surface area contributed by atoms with Gasteiger partial charge >= 0.3 is 0 Å². The van der Waals surface area contributed by atoms with Gasteiger partial charge in [-0.2, -0.15) is 0 Å². The van der Waals surface area contributed by atoms with Crippen molar-refractivity contribution in [2.24, 2.45) is 7.05 Å². The van der Waals surface area contributed by atoms with Crippen molar-refractivity contribution in [3.63, 3.8) is 0 Å². The summed E-state index contributed by atoms with van der Waals surface area (Å²) in [5, 5.41) is 14.2. The zero-order chi connectivity index (χ0) is 18.5. The summed E-state index contributed by atoms with van der Waals surface area (Å²) < 4.78 is 7.80. The maximum atomic E-state index is 12.0. The minimum Gasteiger partial charge on any atom is -0.483 e. The number of thiazole rings is 1. The van der Waals surface area contributed by atoms with Gasteiger partial charge in [-0.15, -0.1) is 21.5 Å². The maximum absolute atomic E-state index is 12.0. The van der Waals surface area contributed by atoms with Crippen molar-refractivity contribution in [3.05, 3.63) is 47.2 Å². The minimum absolute atomic E-state index is 0.126. The van der Waals surface area contributed by atoms with Crippen LogP contribution in [0.4, 0.5) is 5.13 Å². The van der Waals surface area contributed by atoms with E-state index in [0.29, 0.717) is 16.1 Å². The minimum atomic E-state index is -0.257. The van der Waals surface area contributed by atoms with Gasteiger partial charge < -0.3 is 14.6 Å². The number of aryl methyl sites for hydroxylation is 1. The Morgan fingerprint density at radius 3 is 3.00 bits per heavy atom. The number of nitrogens with zero attached hydrogens (tertiary/aromatic N) is 4. The van der Waals surface area contributed by atoms with Crippen LogP contribution in [0.2, 0.25) is 0 Å². The van der Waals surface area contributed by atoms with Crippen LogP contribution in [-0.2, 0) is 11.8 Å². The molecule has 2 aromatic heterocycles. The summed E-state index contributed by atoms with van der Waals surface area (Å²) in [7, 11) is 1.87. The molecule has 2 heterocycles. The molecule has 7 nitrogen and oxygen atoms in total. The van der Waals surface area contributed by atoms with Crippen LogP contribution in [-0.4, -0.2) is 31.4 Å². The van der Waals surface area contributed by atoms with E-state index in [9.17, 15) is 4.79 Å². The smallest absolute Gasteiger partial charge is 0.236 e. The number of thioether (sulfide) groups is 1. The molecule has 0 aliphatic carbocycles. The molecule has 0 spiro atoms. The van der Waals surface area contributed by atoms with Crippen molar-refractivity contribution in [2.45, 2.75) is 25.1 Å². The van der Waals surface area contributed by atoms with E-state index >= 15 is 0 Å². The second-order valence-electron chi connectivity index (χ2n) is 5.65. The molecule has 136 valence electrons. The van der Waals surface area contributed by atoms with Crippen LogP contribution in [0, 0.1) is 6.92 Å². The number of carbonyl (C=O) groups excluding carboxylic acids is 1. The van der Waals surface area contributed by atoms with Crippen LogP contribution < -0.4 is 10.1 Å². The predicted octanol–water partition coefficient (Wildman–Crippen LogP) is 3.45. The van der Waals surface area contributed by atoms with Crippen LogP contribution in [0.3, 0.4) is 0 Å². The molecule has 0 saturated heterocycles. The number of ether oxygens (including phenoxy) is 1. The Labute approximate surface area is 159 Å². The number of anilines is 1. The Morgan fingerprint density at radius 1 is 1.42 bits per heavy atom. The van der Waals surface area contributed by atoms with Gasteiger partial charge in [-0.3, -0.25) is 4.79 Å². The maximum Gasteiger partial charge on any atom is 0.236 e. The van der Waals surface area contributed by atoms with E-state index in [4.69, 9.17) is 4.74 Å². The first kappa shape index (κ1) is 18.4. The van der Waals surface area contributed by atoms with Gasteiger partial charge in [-0.25, -0.2) is 4.98 Å². The standard InChI is InChI=1S/C17H19N5O2S2/c1-11-5-4-6-13(9-11)24-12(2)15-20-21-17(22(15)3)26-10-14(23)19-16-18-7-8-25-16/h4-9,12H,10H2,1-3H3,(H,18,19,23). The summed E-state index contributed by atoms with van der Waals surface area (Å²) in [6.45, 7) is 3.95. The zero-order valence-corrected chi connectivity index (χ0v) is 16.3. The van der Waals surface area contributed by atoms with Gasteiger partial charge in [0.25, 0.3) is 0 Å². The topological polar surface area (TPSA) is 81.9 Å². The summed E-state index contributed by atoms with van der Waals surface area (Å²) in [4.78, 5) is 16.0. The first-order chi connectivity index (χ1) is 12.5. The van der Waals surface area contributed by atoms with E-state index in [-0.39, 0.29) is 17.8 Å². The van der Waals surface area contributed by atoms with Gasteiger partial charge in [0, 0.05) is 18.6 Å². The molecule has 0 aliphatic rings. The summed E-state index contributed by atoms with van der Waals surface area (Å²) in [6.07, 6.45) is 1.39. The monoisotopic (exact) mass is 389 g/mol. The molecule has 26 heavy (non-hydrogen) atoms. The zero-order valence-electron chi connectivity index (χ0n) is 14.7. The van der Waals surface area contributed by atoms with Gasteiger partial charge in [0.1, 0.15) is 5.75 Å². The molecular weight excluding hydrogens is 370 g/mol. The van der Waals surface area contributed by atoms with Crippen molar-refractivity contribution in [3.8, 4) is 5.75 Å². The first-order valence-corrected chi connectivity index (χ1v) is 9.84. The molecule has 3 rings (SSSR count). The van der Waals surface area contributed by atoms with Crippen molar-refractivity contribution < 1.29 is 9.53 Å².